The first kappa shape index (κ1) is 17.3. The zero-order chi connectivity index (χ0) is 17.1. The number of nitriles is 1. The van der Waals surface area contributed by atoms with Gasteiger partial charge < -0.3 is 15.2 Å². The Morgan fingerprint density at radius 3 is 2.78 bits per heavy atom. The van der Waals surface area contributed by atoms with Gasteiger partial charge in [0, 0.05) is 3.57 Å². The number of hydrogen-bond acceptors (Lipinski definition) is 5. The van der Waals surface area contributed by atoms with Crippen molar-refractivity contribution in [1.29, 1.82) is 5.26 Å². The van der Waals surface area contributed by atoms with Crippen molar-refractivity contribution in [2.45, 2.75) is 26.7 Å². The van der Waals surface area contributed by atoms with E-state index in [1.807, 2.05) is 25.1 Å². The zero-order valence-electron chi connectivity index (χ0n) is 13.1. The standard InChI is InChI=1S/C17H17IN2O3/c1-4-22-17(21)14-10(3)23-16(20)12(8-19)15(14)11-6-5-7-13(18)9(11)2/h5-7,15H,4,20H2,1-3H3. The molecule has 23 heavy (non-hydrogen) atoms. The summed E-state index contributed by atoms with van der Waals surface area (Å²) in [6, 6.07) is 7.84. The number of nitrogens with two attached hydrogens (primary N) is 1. The van der Waals surface area contributed by atoms with Gasteiger partial charge in [-0.2, -0.15) is 5.26 Å². The average molecular weight is 424 g/mol. The predicted octanol–water partition coefficient (Wildman–Crippen LogP) is 3.24. The van der Waals surface area contributed by atoms with Gasteiger partial charge in [-0.15, -0.1) is 0 Å². The van der Waals surface area contributed by atoms with E-state index in [0.717, 1.165) is 14.7 Å². The maximum atomic E-state index is 12.4. The van der Waals surface area contributed by atoms with E-state index in [-0.39, 0.29) is 18.1 Å². The van der Waals surface area contributed by atoms with Crippen molar-refractivity contribution in [3.63, 3.8) is 0 Å². The van der Waals surface area contributed by atoms with Crippen molar-refractivity contribution in [2.24, 2.45) is 5.73 Å². The second kappa shape index (κ2) is 7.04. The first-order chi connectivity index (χ1) is 10.9. The van der Waals surface area contributed by atoms with Crippen LogP contribution in [0.3, 0.4) is 0 Å². The van der Waals surface area contributed by atoms with Crippen LogP contribution < -0.4 is 5.73 Å². The molecule has 0 aliphatic carbocycles. The predicted molar refractivity (Wildman–Crippen MR) is 93.9 cm³/mol. The molecule has 1 atom stereocenters. The lowest BCUT2D eigenvalue weighted by Crippen LogP contribution is -2.26. The summed E-state index contributed by atoms with van der Waals surface area (Å²) in [5, 5.41) is 9.52. The van der Waals surface area contributed by atoms with Gasteiger partial charge in [-0.25, -0.2) is 4.79 Å². The molecule has 0 saturated carbocycles. The SMILES string of the molecule is CCOC(=O)C1=C(C)OC(N)=C(C#N)C1c1cccc(I)c1C. The maximum Gasteiger partial charge on any atom is 0.338 e. The summed E-state index contributed by atoms with van der Waals surface area (Å²) < 4.78 is 11.6. The van der Waals surface area contributed by atoms with Crippen LogP contribution in [0.25, 0.3) is 0 Å². The third kappa shape index (κ3) is 3.20. The second-order valence-corrected chi connectivity index (χ2v) is 6.23. The highest BCUT2D eigenvalue weighted by Gasteiger charge is 2.37. The van der Waals surface area contributed by atoms with Gasteiger partial charge in [-0.05, 0) is 60.6 Å². The molecule has 120 valence electrons. The highest BCUT2D eigenvalue weighted by molar-refractivity contribution is 14.1. The molecule has 1 aromatic carbocycles. The van der Waals surface area contributed by atoms with Crippen LogP contribution >= 0.6 is 22.6 Å². The van der Waals surface area contributed by atoms with Gasteiger partial charge in [-0.3, -0.25) is 0 Å². The molecule has 0 amide bonds. The molecule has 0 bridgehead atoms. The number of carbonyl (C=O) groups excluding carboxylic acids is 1. The van der Waals surface area contributed by atoms with E-state index in [4.69, 9.17) is 15.2 Å². The van der Waals surface area contributed by atoms with Crippen LogP contribution in [0.1, 0.15) is 30.9 Å². The Bertz CT molecular complexity index is 760. The van der Waals surface area contributed by atoms with Crippen LogP contribution in [0.15, 0.2) is 41.0 Å². The Balaban J connectivity index is 2.69. The molecule has 6 heteroatoms. The molecule has 1 heterocycles. The van der Waals surface area contributed by atoms with Crippen molar-refractivity contribution in [3.05, 3.63) is 55.7 Å². The van der Waals surface area contributed by atoms with Crippen molar-refractivity contribution in [3.8, 4) is 6.07 Å². The topological polar surface area (TPSA) is 85.3 Å². The molecular weight excluding hydrogens is 407 g/mol. The number of benzene rings is 1. The summed E-state index contributed by atoms with van der Waals surface area (Å²) in [6.45, 7) is 5.59. The first-order valence-electron chi connectivity index (χ1n) is 7.12. The number of hydrogen-bond donors (Lipinski definition) is 1. The first-order valence-corrected chi connectivity index (χ1v) is 8.20. The fourth-order valence-corrected chi connectivity index (χ4v) is 3.12. The van der Waals surface area contributed by atoms with Gasteiger partial charge in [0.2, 0.25) is 5.88 Å². The number of nitrogens with zero attached hydrogens (tertiary/aromatic N) is 1. The van der Waals surface area contributed by atoms with Gasteiger partial charge in [0.25, 0.3) is 0 Å². The smallest absolute Gasteiger partial charge is 0.338 e. The molecule has 5 nitrogen and oxygen atoms in total. The van der Waals surface area contributed by atoms with E-state index in [1.54, 1.807) is 13.8 Å². The highest BCUT2D eigenvalue weighted by Crippen LogP contribution is 2.41. The molecule has 1 aliphatic heterocycles. The van der Waals surface area contributed by atoms with E-state index < -0.39 is 11.9 Å². The van der Waals surface area contributed by atoms with Gasteiger partial charge in [-0.1, -0.05) is 12.1 Å². The summed E-state index contributed by atoms with van der Waals surface area (Å²) in [5.74, 6) is -0.680. The van der Waals surface area contributed by atoms with Crippen LogP contribution in [-0.4, -0.2) is 12.6 Å². The van der Waals surface area contributed by atoms with Crippen molar-refractivity contribution < 1.29 is 14.3 Å². The van der Waals surface area contributed by atoms with Gasteiger partial charge in [0.1, 0.15) is 17.4 Å². The summed E-state index contributed by atoms with van der Waals surface area (Å²) in [4.78, 5) is 12.4. The quantitative estimate of drug-likeness (QED) is 0.595. The molecule has 0 saturated heterocycles. The summed E-state index contributed by atoms with van der Waals surface area (Å²) >= 11 is 2.22. The number of ether oxygens (including phenoxy) is 2. The molecule has 2 N–H and O–H groups in total. The van der Waals surface area contributed by atoms with E-state index in [9.17, 15) is 10.1 Å². The van der Waals surface area contributed by atoms with Crippen LogP contribution in [0.4, 0.5) is 0 Å². The van der Waals surface area contributed by atoms with Crippen LogP contribution in [-0.2, 0) is 14.3 Å². The van der Waals surface area contributed by atoms with Gasteiger partial charge in [0.05, 0.1) is 18.1 Å². The van der Waals surface area contributed by atoms with Crippen molar-refractivity contribution >= 4 is 28.6 Å². The highest BCUT2D eigenvalue weighted by atomic mass is 127. The largest absolute Gasteiger partial charge is 0.463 e. The molecule has 0 spiro atoms. The van der Waals surface area contributed by atoms with Crippen molar-refractivity contribution in [1.82, 2.24) is 0 Å². The Hall–Kier alpha value is -2.01. The molecule has 1 aromatic rings. The Morgan fingerprint density at radius 1 is 1.48 bits per heavy atom. The number of rotatable bonds is 3. The minimum Gasteiger partial charge on any atom is -0.463 e. The third-order valence-corrected chi connectivity index (χ3v) is 4.89. The summed E-state index contributed by atoms with van der Waals surface area (Å²) in [6.07, 6.45) is 0. The Labute approximate surface area is 148 Å². The number of halogens is 1. The lowest BCUT2D eigenvalue weighted by molar-refractivity contribution is -0.139. The van der Waals surface area contributed by atoms with Crippen molar-refractivity contribution in [2.75, 3.05) is 6.61 Å². The van der Waals surface area contributed by atoms with Crippen LogP contribution in [0.2, 0.25) is 0 Å². The fraction of sp³-hybridized carbons (Fsp3) is 0.294. The molecule has 2 rings (SSSR count). The monoisotopic (exact) mass is 424 g/mol. The minimum absolute atomic E-state index is 0.0290. The zero-order valence-corrected chi connectivity index (χ0v) is 15.3. The summed E-state index contributed by atoms with van der Waals surface area (Å²) in [7, 11) is 0. The average Bonchev–Trinajstić information content (AvgIpc) is 2.49. The van der Waals surface area contributed by atoms with Gasteiger partial charge in [0.15, 0.2) is 0 Å². The number of allylic oxidation sites excluding steroid dienone is 2. The molecular formula is C17H17IN2O3. The van der Waals surface area contributed by atoms with Gasteiger partial charge >= 0.3 is 5.97 Å². The lowest BCUT2D eigenvalue weighted by atomic mass is 9.81. The van der Waals surface area contributed by atoms with E-state index in [1.165, 1.54) is 0 Å². The molecule has 0 radical (unpaired) electrons. The summed E-state index contributed by atoms with van der Waals surface area (Å²) in [5.41, 5.74) is 8.27. The normalized spacial score (nSPS) is 17.6. The number of esters is 1. The number of carbonyl (C=O) groups is 1. The molecule has 1 aliphatic rings. The van der Waals surface area contributed by atoms with E-state index in [0.29, 0.717) is 11.3 Å². The molecule has 0 fully saturated rings. The molecule has 1 unspecified atom stereocenters. The van der Waals surface area contributed by atoms with E-state index in [2.05, 4.69) is 28.7 Å². The second-order valence-electron chi connectivity index (χ2n) is 5.07. The maximum absolute atomic E-state index is 12.4. The minimum atomic E-state index is -0.581. The Morgan fingerprint density at radius 2 is 2.17 bits per heavy atom. The van der Waals surface area contributed by atoms with E-state index >= 15 is 0 Å². The van der Waals surface area contributed by atoms with Crippen LogP contribution in [0.5, 0.6) is 0 Å². The van der Waals surface area contributed by atoms with Crippen LogP contribution in [0, 0.1) is 21.8 Å². The lowest BCUT2D eigenvalue weighted by Gasteiger charge is -2.28. The Kier molecular flexibility index (Phi) is 5.31. The molecule has 0 aromatic heterocycles. The third-order valence-electron chi connectivity index (χ3n) is 3.72. The fourth-order valence-electron chi connectivity index (χ4n) is 2.60.